The van der Waals surface area contributed by atoms with E-state index in [9.17, 15) is 0 Å². The second-order valence-corrected chi connectivity index (χ2v) is 1.34. The van der Waals surface area contributed by atoms with Gasteiger partial charge in [-0.05, 0) is 0 Å². The minimum atomic E-state index is -4.67. The van der Waals surface area contributed by atoms with Gasteiger partial charge in [-0.2, -0.15) is 8.42 Å². The number of hydrogen-bond acceptors (Lipinski definition) is 3. The van der Waals surface area contributed by atoms with Crippen LogP contribution in [0.3, 0.4) is 0 Å². The van der Waals surface area contributed by atoms with Crippen molar-refractivity contribution < 1.29 is 17.5 Å². The second-order valence-electron chi connectivity index (χ2n) is 0.448. The van der Waals surface area contributed by atoms with Gasteiger partial charge in [0.1, 0.15) is 0 Å². The molecule has 0 unspecified atom stereocenters. The molecule has 0 heterocycles. The zero-order valence-corrected chi connectivity index (χ0v) is 3.64. The Morgan fingerprint density at radius 1 is 1.00 bits per heavy atom. The zero-order chi connectivity index (χ0) is 4.50. The molecule has 0 spiro atoms. The molecular formula is H9Ca2NO4S. The van der Waals surface area contributed by atoms with Gasteiger partial charge in [0.2, 0.25) is 0 Å². The molecular weight excluding hydrogens is 190 g/mol. The normalized spacial score (nSPS) is 7.25. The van der Waals surface area contributed by atoms with Crippen LogP contribution in [0, 0.1) is 0 Å². The van der Waals surface area contributed by atoms with E-state index in [4.69, 9.17) is 17.5 Å². The van der Waals surface area contributed by atoms with E-state index in [0.717, 1.165) is 0 Å². The van der Waals surface area contributed by atoms with Crippen LogP contribution in [0.15, 0.2) is 0 Å². The summed E-state index contributed by atoms with van der Waals surface area (Å²) in [5, 5.41) is 0. The average molecular weight is 199 g/mol. The minimum absolute atomic E-state index is 0. The van der Waals surface area contributed by atoms with Crippen LogP contribution in [0.2, 0.25) is 0 Å². The molecule has 0 saturated carbocycles. The van der Waals surface area contributed by atoms with Gasteiger partial charge in [-0.15, -0.1) is 0 Å². The van der Waals surface area contributed by atoms with Gasteiger partial charge < -0.3 is 6.15 Å². The molecule has 0 aromatic carbocycles. The average Bonchev–Trinajstić information content (AvgIpc) is 0.722. The summed E-state index contributed by atoms with van der Waals surface area (Å²) in [5.74, 6) is 0. The van der Waals surface area contributed by atoms with E-state index in [1.165, 1.54) is 0 Å². The molecule has 5 N–H and O–H groups in total. The molecule has 8 heavy (non-hydrogen) atoms. The van der Waals surface area contributed by atoms with Crippen molar-refractivity contribution in [3.8, 4) is 0 Å². The van der Waals surface area contributed by atoms with E-state index in [2.05, 4.69) is 0 Å². The van der Waals surface area contributed by atoms with Crippen molar-refractivity contribution in [1.82, 2.24) is 6.15 Å². The third kappa shape index (κ3) is 81.7. The second kappa shape index (κ2) is 9.35. The molecule has 0 aliphatic heterocycles. The third-order valence-electron chi connectivity index (χ3n) is 0. The maximum atomic E-state index is 8.74. The summed E-state index contributed by atoms with van der Waals surface area (Å²) in [6.07, 6.45) is 0. The van der Waals surface area contributed by atoms with Crippen LogP contribution < -0.4 is 6.15 Å². The van der Waals surface area contributed by atoms with Crippen molar-refractivity contribution in [3.63, 3.8) is 0 Å². The molecule has 0 aromatic heterocycles. The van der Waals surface area contributed by atoms with Crippen molar-refractivity contribution in [1.29, 1.82) is 0 Å². The summed E-state index contributed by atoms with van der Waals surface area (Å²) >= 11 is 0. The van der Waals surface area contributed by atoms with Crippen molar-refractivity contribution >= 4 is 85.9 Å². The SMILES string of the molecule is N.O=S(=O)(O)O.[CaH2].[CaH2]. The topological polar surface area (TPSA) is 110 Å². The van der Waals surface area contributed by atoms with E-state index in [0.29, 0.717) is 0 Å². The Hall–Kier alpha value is 2.35. The Balaban J connectivity index is -0.0000000267. The van der Waals surface area contributed by atoms with Crippen LogP contribution in [0.1, 0.15) is 0 Å². The Bertz CT molecular complexity index is 97.2. The van der Waals surface area contributed by atoms with Crippen molar-refractivity contribution in [3.05, 3.63) is 0 Å². The van der Waals surface area contributed by atoms with Crippen LogP contribution in [0.25, 0.3) is 0 Å². The molecule has 0 bridgehead atoms. The van der Waals surface area contributed by atoms with Crippen molar-refractivity contribution in [2.75, 3.05) is 0 Å². The van der Waals surface area contributed by atoms with Crippen LogP contribution in [0.5, 0.6) is 0 Å². The Kier molecular flexibility index (Phi) is 26.2. The fourth-order valence-corrected chi connectivity index (χ4v) is 0. The van der Waals surface area contributed by atoms with E-state index in [1.807, 2.05) is 0 Å². The first-order valence-corrected chi connectivity index (χ1v) is 2.10. The molecule has 48 valence electrons. The van der Waals surface area contributed by atoms with Crippen LogP contribution in [0.4, 0.5) is 0 Å². The first kappa shape index (κ1) is 22.4. The molecule has 0 aromatic rings. The first-order chi connectivity index (χ1) is 2.00. The number of rotatable bonds is 0. The molecule has 0 atom stereocenters. The molecule has 5 nitrogen and oxygen atoms in total. The summed E-state index contributed by atoms with van der Waals surface area (Å²) < 4.78 is 31.6. The van der Waals surface area contributed by atoms with Crippen LogP contribution >= 0.6 is 0 Å². The Labute approximate surface area is 107 Å². The van der Waals surface area contributed by atoms with Gasteiger partial charge in [0.05, 0.1) is 0 Å². The predicted molar refractivity (Wildman–Crippen MR) is 36.3 cm³/mol. The predicted octanol–water partition coefficient (Wildman–Crippen LogP) is -2.32. The van der Waals surface area contributed by atoms with E-state index in [-0.39, 0.29) is 81.6 Å². The summed E-state index contributed by atoms with van der Waals surface area (Å²) in [6, 6.07) is 0. The molecule has 0 radical (unpaired) electrons. The van der Waals surface area contributed by atoms with Crippen molar-refractivity contribution in [2.24, 2.45) is 0 Å². The van der Waals surface area contributed by atoms with Gasteiger partial charge >= 0.3 is 85.9 Å². The fraction of sp³-hybridized carbons (Fsp3) is 0. The van der Waals surface area contributed by atoms with Gasteiger partial charge in [-0.3, -0.25) is 9.11 Å². The maximum absolute atomic E-state index is 8.74. The number of hydrogen-bond donors (Lipinski definition) is 3. The summed E-state index contributed by atoms with van der Waals surface area (Å²) in [6.45, 7) is 0. The fourth-order valence-electron chi connectivity index (χ4n) is 0. The van der Waals surface area contributed by atoms with E-state index >= 15 is 0 Å². The monoisotopic (exact) mass is 199 g/mol. The van der Waals surface area contributed by atoms with Crippen LogP contribution in [-0.2, 0) is 10.4 Å². The van der Waals surface area contributed by atoms with Crippen molar-refractivity contribution in [2.45, 2.75) is 0 Å². The molecule has 0 rings (SSSR count). The summed E-state index contributed by atoms with van der Waals surface area (Å²) in [5.41, 5.74) is 0. The van der Waals surface area contributed by atoms with E-state index < -0.39 is 10.4 Å². The van der Waals surface area contributed by atoms with Gasteiger partial charge in [0.15, 0.2) is 0 Å². The molecule has 0 fully saturated rings. The Morgan fingerprint density at radius 3 is 1.00 bits per heavy atom. The quantitative estimate of drug-likeness (QED) is 0.299. The standard InChI is InChI=1S/2Ca.H3N.H2O4S.4H/c;;;1-5(2,3)4;;;;/h;;1H3;(H2,1,2,3,4);;;;. The molecule has 0 aliphatic carbocycles. The first-order valence-electron chi connectivity index (χ1n) is 0.698. The molecule has 0 aliphatic rings. The summed E-state index contributed by atoms with van der Waals surface area (Å²) in [4.78, 5) is 0. The molecule has 0 amide bonds. The van der Waals surface area contributed by atoms with Gasteiger partial charge in [-0.1, -0.05) is 0 Å². The van der Waals surface area contributed by atoms with Gasteiger partial charge in [0, 0.05) is 0 Å². The molecule has 8 heteroatoms. The zero-order valence-electron chi connectivity index (χ0n) is 2.83. The summed E-state index contributed by atoms with van der Waals surface area (Å²) in [7, 11) is -4.67. The Morgan fingerprint density at radius 2 is 1.00 bits per heavy atom. The van der Waals surface area contributed by atoms with Crippen LogP contribution in [-0.4, -0.2) is 93.0 Å². The van der Waals surface area contributed by atoms with Gasteiger partial charge in [0.25, 0.3) is 0 Å². The molecule has 0 saturated heterocycles. The van der Waals surface area contributed by atoms with E-state index in [1.54, 1.807) is 0 Å². The third-order valence-corrected chi connectivity index (χ3v) is 0. The van der Waals surface area contributed by atoms with Gasteiger partial charge in [-0.25, -0.2) is 0 Å².